The second-order valence-electron chi connectivity index (χ2n) is 5.00. The first-order chi connectivity index (χ1) is 10.4. The molecule has 3 N–H and O–H groups in total. The van der Waals surface area contributed by atoms with Crippen LogP contribution in [-0.4, -0.2) is 18.2 Å². The molecule has 0 radical (unpaired) electrons. The van der Waals surface area contributed by atoms with Crippen LogP contribution in [0.2, 0.25) is 0 Å². The number of hydrazine groups is 1. The third-order valence-electron chi connectivity index (χ3n) is 3.75. The number of nitrogen functional groups attached to an aromatic ring is 1. The van der Waals surface area contributed by atoms with Crippen LogP contribution >= 0.6 is 0 Å². The van der Waals surface area contributed by atoms with Crippen LogP contribution in [0.15, 0.2) is 42.5 Å². The summed E-state index contributed by atoms with van der Waals surface area (Å²) in [4.78, 5) is 4.67. The molecule has 2 aromatic carbocycles. The van der Waals surface area contributed by atoms with Crippen LogP contribution in [0, 0.1) is 0 Å². The lowest BCUT2D eigenvalue weighted by Gasteiger charge is -2.15. The van der Waals surface area contributed by atoms with Gasteiger partial charge in [-0.25, -0.2) is 10.8 Å². The lowest BCUT2D eigenvalue weighted by atomic mass is 10.0. The minimum absolute atomic E-state index is 0.403. The van der Waals surface area contributed by atoms with Crippen molar-refractivity contribution in [1.82, 2.24) is 4.98 Å². The summed E-state index contributed by atoms with van der Waals surface area (Å²) in [5, 5.41) is 3.30. The molecule has 0 bridgehead atoms. The van der Waals surface area contributed by atoms with Crippen molar-refractivity contribution in [3.63, 3.8) is 0 Å². The quantitative estimate of drug-likeness (QED) is 0.429. The van der Waals surface area contributed by atoms with Crippen LogP contribution in [0.4, 0.5) is 5.82 Å². The zero-order valence-corrected chi connectivity index (χ0v) is 11.4. The SMILES string of the molecule is NNc1nc2c(ccc3ccccc32)cc1C1OCCO1. The molecule has 21 heavy (non-hydrogen) atoms. The van der Waals surface area contributed by atoms with Gasteiger partial charge in [0, 0.05) is 10.8 Å². The number of benzene rings is 2. The van der Waals surface area contributed by atoms with Crippen LogP contribution in [0.25, 0.3) is 21.7 Å². The Morgan fingerprint density at radius 2 is 1.81 bits per heavy atom. The first kappa shape index (κ1) is 12.5. The van der Waals surface area contributed by atoms with Crippen LogP contribution in [0.5, 0.6) is 0 Å². The van der Waals surface area contributed by atoms with Crippen molar-refractivity contribution in [2.75, 3.05) is 18.6 Å². The second kappa shape index (κ2) is 4.96. The van der Waals surface area contributed by atoms with Crippen LogP contribution in [-0.2, 0) is 9.47 Å². The average molecular weight is 281 g/mol. The van der Waals surface area contributed by atoms with Crippen molar-refractivity contribution in [3.8, 4) is 0 Å². The summed E-state index contributed by atoms with van der Waals surface area (Å²) in [7, 11) is 0. The molecule has 0 amide bonds. The molecule has 0 saturated carbocycles. The maximum atomic E-state index is 5.63. The average Bonchev–Trinajstić information content (AvgIpc) is 3.07. The van der Waals surface area contributed by atoms with Crippen LogP contribution in [0.3, 0.4) is 0 Å². The molecular weight excluding hydrogens is 266 g/mol. The van der Waals surface area contributed by atoms with E-state index in [-0.39, 0.29) is 0 Å². The summed E-state index contributed by atoms with van der Waals surface area (Å²) < 4.78 is 11.1. The van der Waals surface area contributed by atoms with Gasteiger partial charge in [0.1, 0.15) is 5.82 Å². The van der Waals surface area contributed by atoms with Crippen molar-refractivity contribution in [2.45, 2.75) is 6.29 Å². The number of pyridine rings is 1. The topological polar surface area (TPSA) is 69.4 Å². The molecule has 1 fully saturated rings. The Morgan fingerprint density at radius 1 is 1.05 bits per heavy atom. The van der Waals surface area contributed by atoms with Gasteiger partial charge in [-0.2, -0.15) is 0 Å². The van der Waals surface area contributed by atoms with Crippen LogP contribution < -0.4 is 11.3 Å². The number of rotatable bonds is 2. The number of nitrogens with two attached hydrogens (primary N) is 1. The summed E-state index contributed by atoms with van der Waals surface area (Å²) in [5.74, 6) is 6.22. The predicted molar refractivity (Wildman–Crippen MR) is 81.7 cm³/mol. The fourth-order valence-electron chi connectivity index (χ4n) is 2.76. The minimum Gasteiger partial charge on any atom is -0.346 e. The molecule has 2 heterocycles. The van der Waals surface area contributed by atoms with Gasteiger partial charge in [0.2, 0.25) is 0 Å². The molecule has 1 aliphatic rings. The molecular formula is C16H15N3O2. The van der Waals surface area contributed by atoms with Gasteiger partial charge in [-0.3, -0.25) is 0 Å². The van der Waals surface area contributed by atoms with E-state index in [0.717, 1.165) is 27.2 Å². The number of nitrogens with one attached hydrogen (secondary N) is 1. The molecule has 5 nitrogen and oxygen atoms in total. The third kappa shape index (κ3) is 2.03. The molecule has 106 valence electrons. The number of aromatic nitrogens is 1. The van der Waals surface area contributed by atoms with Gasteiger partial charge in [0.15, 0.2) is 6.29 Å². The number of anilines is 1. The molecule has 5 heteroatoms. The molecule has 1 saturated heterocycles. The van der Waals surface area contributed by atoms with Gasteiger partial charge < -0.3 is 14.9 Å². The van der Waals surface area contributed by atoms with E-state index in [4.69, 9.17) is 15.3 Å². The van der Waals surface area contributed by atoms with Crippen molar-refractivity contribution >= 4 is 27.5 Å². The Kier molecular flexibility index (Phi) is 2.96. The Hall–Kier alpha value is -2.21. The molecule has 0 unspecified atom stereocenters. The number of hydrogen-bond donors (Lipinski definition) is 2. The maximum absolute atomic E-state index is 5.63. The molecule has 1 aromatic heterocycles. The van der Waals surface area contributed by atoms with Crippen molar-refractivity contribution in [1.29, 1.82) is 0 Å². The monoisotopic (exact) mass is 281 g/mol. The third-order valence-corrected chi connectivity index (χ3v) is 3.75. The lowest BCUT2D eigenvalue weighted by molar-refractivity contribution is -0.0436. The Bertz CT molecular complexity index is 813. The normalized spacial score (nSPS) is 15.9. The minimum atomic E-state index is -0.403. The number of nitrogens with zero attached hydrogens (tertiary/aromatic N) is 1. The van der Waals surface area contributed by atoms with Gasteiger partial charge in [0.25, 0.3) is 0 Å². The Labute approximate surface area is 121 Å². The molecule has 1 aliphatic heterocycles. The highest BCUT2D eigenvalue weighted by Gasteiger charge is 2.23. The summed E-state index contributed by atoms with van der Waals surface area (Å²) in [6.45, 7) is 1.18. The van der Waals surface area contributed by atoms with E-state index in [2.05, 4.69) is 34.7 Å². The van der Waals surface area contributed by atoms with E-state index in [1.807, 2.05) is 18.2 Å². The predicted octanol–water partition coefficient (Wildman–Crippen LogP) is 2.72. The van der Waals surface area contributed by atoms with Crippen LogP contribution in [0.1, 0.15) is 11.9 Å². The lowest BCUT2D eigenvalue weighted by Crippen LogP contribution is -2.13. The smallest absolute Gasteiger partial charge is 0.187 e. The standard InChI is InChI=1S/C16H15N3O2/c17-19-15-13(16-20-7-8-21-16)9-11-6-5-10-3-1-2-4-12(10)14(11)18-15/h1-6,9,16H,7-8,17H2,(H,18,19). The van der Waals surface area contributed by atoms with E-state index in [9.17, 15) is 0 Å². The molecule has 4 rings (SSSR count). The Morgan fingerprint density at radius 3 is 2.62 bits per heavy atom. The first-order valence-corrected chi connectivity index (χ1v) is 6.89. The second-order valence-corrected chi connectivity index (χ2v) is 5.00. The van der Waals surface area contributed by atoms with E-state index in [0.29, 0.717) is 19.0 Å². The number of ether oxygens (including phenoxy) is 2. The molecule has 3 aromatic rings. The summed E-state index contributed by atoms with van der Waals surface area (Å²) in [6, 6.07) is 14.3. The molecule has 0 aliphatic carbocycles. The van der Waals surface area contributed by atoms with Gasteiger partial charge >= 0.3 is 0 Å². The zero-order valence-electron chi connectivity index (χ0n) is 11.4. The van der Waals surface area contributed by atoms with Gasteiger partial charge in [-0.15, -0.1) is 0 Å². The van der Waals surface area contributed by atoms with E-state index < -0.39 is 6.29 Å². The maximum Gasteiger partial charge on any atom is 0.187 e. The van der Waals surface area contributed by atoms with Gasteiger partial charge in [-0.05, 0) is 11.5 Å². The van der Waals surface area contributed by atoms with Gasteiger partial charge in [-0.1, -0.05) is 36.4 Å². The highest BCUT2D eigenvalue weighted by Crippen LogP contribution is 2.33. The van der Waals surface area contributed by atoms with Crippen molar-refractivity contribution in [2.24, 2.45) is 5.84 Å². The fraction of sp³-hybridized carbons (Fsp3) is 0.188. The highest BCUT2D eigenvalue weighted by molar-refractivity contribution is 6.05. The largest absolute Gasteiger partial charge is 0.346 e. The molecule has 0 atom stereocenters. The van der Waals surface area contributed by atoms with Crippen molar-refractivity contribution in [3.05, 3.63) is 48.0 Å². The van der Waals surface area contributed by atoms with E-state index >= 15 is 0 Å². The Balaban J connectivity index is 1.99. The number of hydrogen-bond acceptors (Lipinski definition) is 5. The number of fused-ring (bicyclic) bond motifs is 3. The van der Waals surface area contributed by atoms with E-state index in [1.165, 1.54) is 0 Å². The summed E-state index contributed by atoms with van der Waals surface area (Å²) in [6.07, 6.45) is -0.403. The fourth-order valence-corrected chi connectivity index (χ4v) is 2.76. The zero-order chi connectivity index (χ0) is 14.2. The van der Waals surface area contributed by atoms with Gasteiger partial charge in [0.05, 0.1) is 24.3 Å². The summed E-state index contributed by atoms with van der Waals surface area (Å²) >= 11 is 0. The highest BCUT2D eigenvalue weighted by atomic mass is 16.7. The molecule has 0 spiro atoms. The van der Waals surface area contributed by atoms with Crippen molar-refractivity contribution < 1.29 is 9.47 Å². The summed E-state index contributed by atoms with van der Waals surface area (Å²) in [5.41, 5.74) is 4.41. The van der Waals surface area contributed by atoms with E-state index in [1.54, 1.807) is 0 Å². The first-order valence-electron chi connectivity index (χ1n) is 6.89.